The first-order valence-corrected chi connectivity index (χ1v) is 6.24. The normalized spacial score (nSPS) is 11.5. The summed E-state index contributed by atoms with van der Waals surface area (Å²) in [4.78, 5) is 11.0. The summed E-state index contributed by atoms with van der Waals surface area (Å²) in [6.07, 6.45) is 1.82. The molecule has 0 saturated carbocycles. The first-order chi connectivity index (χ1) is 8.88. The Kier molecular flexibility index (Phi) is 3.42. The van der Waals surface area contributed by atoms with Gasteiger partial charge in [-0.1, -0.05) is 30.3 Å². The summed E-state index contributed by atoms with van der Waals surface area (Å²) >= 11 is 0. The summed E-state index contributed by atoms with van der Waals surface area (Å²) in [7, 11) is 0. The first-order valence-electron chi connectivity index (χ1n) is 6.24. The van der Waals surface area contributed by atoms with Crippen molar-refractivity contribution in [2.45, 2.75) is 32.7 Å². The molecule has 1 heterocycles. The van der Waals surface area contributed by atoms with Crippen molar-refractivity contribution in [2.24, 2.45) is 0 Å². The van der Waals surface area contributed by atoms with Crippen LogP contribution in [-0.2, 0) is 16.8 Å². The van der Waals surface area contributed by atoms with Crippen molar-refractivity contribution in [3.63, 3.8) is 0 Å². The van der Waals surface area contributed by atoms with Crippen molar-refractivity contribution < 1.29 is 9.90 Å². The number of carbonyl (C=O) groups is 1. The maximum atomic E-state index is 11.0. The number of hydrogen-bond donors (Lipinski definition) is 1. The largest absolute Gasteiger partial charge is 0.481 e. The highest BCUT2D eigenvalue weighted by Crippen LogP contribution is 2.25. The van der Waals surface area contributed by atoms with Gasteiger partial charge in [0.25, 0.3) is 0 Å². The number of carboxylic acid groups (broad SMARTS) is 1. The van der Waals surface area contributed by atoms with E-state index in [1.165, 1.54) is 0 Å². The summed E-state index contributed by atoms with van der Waals surface area (Å²) in [6, 6.07) is 9.68. The van der Waals surface area contributed by atoms with Crippen molar-refractivity contribution >= 4 is 5.97 Å². The van der Waals surface area contributed by atoms with Gasteiger partial charge in [0.2, 0.25) is 0 Å². The van der Waals surface area contributed by atoms with E-state index in [4.69, 9.17) is 5.11 Å². The van der Waals surface area contributed by atoms with Gasteiger partial charge < -0.3 is 5.11 Å². The van der Waals surface area contributed by atoms with E-state index in [2.05, 4.69) is 5.10 Å². The third kappa shape index (κ3) is 3.02. The lowest BCUT2D eigenvalue weighted by molar-refractivity contribution is -0.136. The molecule has 0 aliphatic carbocycles. The Bertz CT molecular complexity index is 580. The lowest BCUT2D eigenvalue weighted by Crippen LogP contribution is -2.22. The van der Waals surface area contributed by atoms with Gasteiger partial charge in [0.15, 0.2) is 0 Å². The average molecular weight is 258 g/mol. The summed E-state index contributed by atoms with van der Waals surface area (Å²) in [5.74, 6) is -0.842. The molecular formula is C15H18N2O2. The van der Waals surface area contributed by atoms with E-state index < -0.39 is 5.97 Å². The zero-order valence-electron chi connectivity index (χ0n) is 11.4. The zero-order valence-corrected chi connectivity index (χ0v) is 11.4. The van der Waals surface area contributed by atoms with E-state index in [9.17, 15) is 4.79 Å². The lowest BCUT2D eigenvalue weighted by Gasteiger charge is -2.18. The fourth-order valence-corrected chi connectivity index (χ4v) is 1.88. The second kappa shape index (κ2) is 4.88. The van der Waals surface area contributed by atoms with E-state index in [1.807, 2.05) is 62.0 Å². The highest BCUT2D eigenvalue weighted by Gasteiger charge is 2.20. The molecule has 0 unspecified atom stereocenters. The molecule has 0 bridgehead atoms. The van der Waals surface area contributed by atoms with Crippen LogP contribution in [0.4, 0.5) is 0 Å². The van der Waals surface area contributed by atoms with Gasteiger partial charge in [0.05, 0.1) is 17.7 Å². The van der Waals surface area contributed by atoms with E-state index in [-0.39, 0.29) is 12.0 Å². The van der Waals surface area contributed by atoms with Gasteiger partial charge in [-0.3, -0.25) is 9.48 Å². The summed E-state index contributed by atoms with van der Waals surface area (Å²) < 4.78 is 1.83. The highest BCUT2D eigenvalue weighted by molar-refractivity contribution is 5.74. The van der Waals surface area contributed by atoms with Gasteiger partial charge >= 0.3 is 5.97 Å². The Morgan fingerprint density at radius 2 is 1.89 bits per heavy atom. The van der Waals surface area contributed by atoms with Crippen LogP contribution in [0.3, 0.4) is 0 Å². The molecular weight excluding hydrogens is 240 g/mol. The highest BCUT2D eigenvalue weighted by atomic mass is 16.4. The Balaban J connectivity index is 2.52. The molecule has 1 aromatic heterocycles. The first kappa shape index (κ1) is 13.3. The minimum absolute atomic E-state index is 0.0136. The Labute approximate surface area is 112 Å². The summed E-state index contributed by atoms with van der Waals surface area (Å²) in [6.45, 7) is 6.12. The van der Waals surface area contributed by atoms with Crippen LogP contribution in [0.1, 0.15) is 26.3 Å². The molecule has 0 atom stereocenters. The van der Waals surface area contributed by atoms with Crippen LogP contribution in [0.2, 0.25) is 0 Å². The molecule has 0 aliphatic rings. The molecule has 4 nitrogen and oxygen atoms in total. The van der Waals surface area contributed by atoms with Gasteiger partial charge in [0, 0.05) is 17.3 Å². The molecule has 19 heavy (non-hydrogen) atoms. The average Bonchev–Trinajstić information content (AvgIpc) is 2.73. The number of nitrogens with zero attached hydrogens (tertiary/aromatic N) is 2. The molecule has 1 N–H and O–H groups in total. The number of benzene rings is 1. The van der Waals surface area contributed by atoms with Crippen molar-refractivity contribution in [1.82, 2.24) is 9.78 Å². The molecule has 0 saturated heterocycles. The van der Waals surface area contributed by atoms with Gasteiger partial charge in [0.1, 0.15) is 0 Å². The van der Waals surface area contributed by atoms with E-state index in [0.29, 0.717) is 0 Å². The van der Waals surface area contributed by atoms with Crippen molar-refractivity contribution in [1.29, 1.82) is 0 Å². The molecule has 0 amide bonds. The molecule has 2 rings (SSSR count). The lowest BCUT2D eigenvalue weighted by atomic mass is 10.1. The molecule has 100 valence electrons. The van der Waals surface area contributed by atoms with E-state index in [1.54, 1.807) is 0 Å². The standard InChI is InChI=1S/C15H18N2O2/c1-15(2,3)17-10-12(9-13(18)19)14(16-17)11-7-5-4-6-8-11/h4-8,10H,9H2,1-3H3,(H,18,19). The number of rotatable bonds is 3. The monoisotopic (exact) mass is 258 g/mol. The number of carboxylic acids is 1. The summed E-state index contributed by atoms with van der Waals surface area (Å²) in [5.41, 5.74) is 2.27. The van der Waals surface area contributed by atoms with E-state index in [0.717, 1.165) is 16.8 Å². The molecule has 2 aromatic rings. The maximum Gasteiger partial charge on any atom is 0.307 e. The van der Waals surface area contributed by atoms with Crippen LogP contribution in [0, 0.1) is 0 Å². The predicted molar refractivity (Wildman–Crippen MR) is 74.0 cm³/mol. The van der Waals surface area contributed by atoms with Crippen LogP contribution >= 0.6 is 0 Å². The third-order valence-electron chi connectivity index (χ3n) is 2.87. The molecule has 0 aliphatic heterocycles. The smallest absolute Gasteiger partial charge is 0.307 e. The quantitative estimate of drug-likeness (QED) is 0.921. The molecule has 0 fully saturated rings. The fourth-order valence-electron chi connectivity index (χ4n) is 1.88. The van der Waals surface area contributed by atoms with Gasteiger partial charge in [-0.2, -0.15) is 5.10 Å². The molecule has 4 heteroatoms. The number of aliphatic carboxylic acids is 1. The van der Waals surface area contributed by atoms with Gasteiger partial charge in [-0.25, -0.2) is 0 Å². The zero-order chi connectivity index (χ0) is 14.0. The van der Waals surface area contributed by atoms with Gasteiger partial charge in [-0.15, -0.1) is 0 Å². The Hall–Kier alpha value is -2.10. The predicted octanol–water partition coefficient (Wildman–Crippen LogP) is 2.93. The van der Waals surface area contributed by atoms with Crippen molar-refractivity contribution in [2.75, 3.05) is 0 Å². The second-order valence-electron chi connectivity index (χ2n) is 5.55. The van der Waals surface area contributed by atoms with Crippen LogP contribution < -0.4 is 0 Å². The van der Waals surface area contributed by atoms with Crippen molar-refractivity contribution in [3.05, 3.63) is 42.1 Å². The Morgan fingerprint density at radius 1 is 1.26 bits per heavy atom. The van der Waals surface area contributed by atoms with Gasteiger partial charge in [-0.05, 0) is 20.8 Å². The molecule has 0 spiro atoms. The minimum Gasteiger partial charge on any atom is -0.481 e. The SMILES string of the molecule is CC(C)(C)n1cc(CC(=O)O)c(-c2ccccc2)n1. The third-order valence-corrected chi connectivity index (χ3v) is 2.87. The molecule has 0 radical (unpaired) electrons. The van der Waals surface area contributed by atoms with Crippen molar-refractivity contribution in [3.8, 4) is 11.3 Å². The van der Waals surface area contributed by atoms with Crippen LogP contribution in [0.5, 0.6) is 0 Å². The maximum absolute atomic E-state index is 11.0. The second-order valence-corrected chi connectivity index (χ2v) is 5.55. The summed E-state index contributed by atoms with van der Waals surface area (Å²) in [5, 5.41) is 13.6. The molecule has 1 aromatic carbocycles. The fraction of sp³-hybridized carbons (Fsp3) is 0.333. The Morgan fingerprint density at radius 3 is 2.42 bits per heavy atom. The minimum atomic E-state index is -0.842. The number of aromatic nitrogens is 2. The number of hydrogen-bond acceptors (Lipinski definition) is 2. The van der Waals surface area contributed by atoms with E-state index >= 15 is 0 Å². The van der Waals surface area contributed by atoms with Crippen LogP contribution in [0.25, 0.3) is 11.3 Å². The van der Waals surface area contributed by atoms with Crippen LogP contribution in [0.15, 0.2) is 36.5 Å². The van der Waals surface area contributed by atoms with Crippen LogP contribution in [-0.4, -0.2) is 20.9 Å². The topological polar surface area (TPSA) is 55.1 Å².